The summed E-state index contributed by atoms with van der Waals surface area (Å²) in [5.74, 6) is -0.544. The van der Waals surface area contributed by atoms with Crippen molar-refractivity contribution >= 4 is 34.2 Å². The van der Waals surface area contributed by atoms with Gasteiger partial charge in [-0.25, -0.2) is 19.7 Å². The highest BCUT2D eigenvalue weighted by atomic mass is 16.6. The Morgan fingerprint density at radius 3 is 2.70 bits per heavy atom. The lowest BCUT2D eigenvalue weighted by Crippen LogP contribution is -2.10. The Hall–Kier alpha value is -4.34. The Labute approximate surface area is 170 Å². The molecule has 0 unspecified atom stereocenters. The fourth-order valence-corrected chi connectivity index (χ4v) is 3.04. The van der Waals surface area contributed by atoms with Crippen LogP contribution in [0.2, 0.25) is 0 Å². The first kappa shape index (κ1) is 19.0. The minimum atomic E-state index is -0.570. The summed E-state index contributed by atoms with van der Waals surface area (Å²) >= 11 is 0. The van der Waals surface area contributed by atoms with E-state index in [1.54, 1.807) is 43.3 Å². The van der Waals surface area contributed by atoms with Crippen LogP contribution in [-0.2, 0) is 4.74 Å². The number of hydrogen-bond donors (Lipinski definition) is 1. The van der Waals surface area contributed by atoms with Crippen molar-refractivity contribution in [1.82, 2.24) is 19.5 Å². The lowest BCUT2D eigenvalue weighted by molar-refractivity contribution is -0.384. The van der Waals surface area contributed by atoms with Crippen LogP contribution < -0.4 is 5.32 Å². The Kier molecular flexibility index (Phi) is 5.04. The maximum Gasteiger partial charge on any atom is 0.354 e. The van der Waals surface area contributed by atoms with E-state index in [4.69, 9.17) is 4.74 Å². The predicted octanol–water partition coefficient (Wildman–Crippen LogP) is 3.64. The first-order chi connectivity index (χ1) is 14.6. The van der Waals surface area contributed by atoms with Crippen molar-refractivity contribution < 1.29 is 14.5 Å². The molecule has 2 aromatic carbocycles. The van der Waals surface area contributed by atoms with Crippen molar-refractivity contribution in [3.8, 4) is 5.82 Å². The van der Waals surface area contributed by atoms with Crippen molar-refractivity contribution in [1.29, 1.82) is 0 Å². The topological polar surface area (TPSA) is 125 Å². The van der Waals surface area contributed by atoms with E-state index in [0.29, 0.717) is 16.7 Å². The van der Waals surface area contributed by atoms with Crippen LogP contribution in [0.3, 0.4) is 0 Å². The Morgan fingerprint density at radius 2 is 1.90 bits per heavy atom. The number of fused-ring (bicyclic) bond motifs is 1. The molecular weight excluding hydrogens is 388 g/mol. The monoisotopic (exact) mass is 404 g/mol. The number of nitrogens with one attached hydrogen (secondary N) is 1. The molecule has 0 aliphatic heterocycles. The van der Waals surface area contributed by atoms with E-state index in [1.807, 2.05) is 12.1 Å². The summed E-state index contributed by atoms with van der Waals surface area (Å²) in [6, 6.07) is 13.8. The van der Waals surface area contributed by atoms with Gasteiger partial charge in [-0.2, -0.15) is 0 Å². The molecule has 2 heterocycles. The number of aromatic nitrogens is 4. The molecule has 0 bridgehead atoms. The molecule has 10 heteroatoms. The van der Waals surface area contributed by atoms with E-state index >= 15 is 0 Å². The molecule has 10 nitrogen and oxygen atoms in total. The summed E-state index contributed by atoms with van der Waals surface area (Å²) in [6.07, 6.45) is 2.68. The molecule has 2 aromatic heterocycles. The maximum atomic E-state index is 12.2. The molecule has 0 aliphatic rings. The molecule has 150 valence electrons. The van der Waals surface area contributed by atoms with Gasteiger partial charge in [0.05, 0.1) is 33.8 Å². The SMILES string of the molecule is CCOC(=O)c1ccccc1Nc1ncnc(-n2cnc3ccccc32)c1[N+](=O)[O-]. The number of hydrogen-bond acceptors (Lipinski definition) is 8. The van der Waals surface area contributed by atoms with Crippen LogP contribution in [0.5, 0.6) is 0 Å². The second kappa shape index (κ2) is 7.95. The molecule has 0 aliphatic carbocycles. The van der Waals surface area contributed by atoms with Crippen LogP contribution in [-0.4, -0.2) is 37.0 Å². The van der Waals surface area contributed by atoms with Crippen LogP contribution in [0, 0.1) is 10.1 Å². The Bertz CT molecular complexity index is 1250. The average molecular weight is 404 g/mol. The van der Waals surface area contributed by atoms with Crippen LogP contribution in [0.4, 0.5) is 17.2 Å². The van der Waals surface area contributed by atoms with Gasteiger partial charge in [0.1, 0.15) is 12.7 Å². The number of esters is 1. The van der Waals surface area contributed by atoms with Crippen molar-refractivity contribution in [2.75, 3.05) is 11.9 Å². The minimum absolute atomic E-state index is 0.0554. The van der Waals surface area contributed by atoms with Crippen LogP contribution in [0.25, 0.3) is 16.9 Å². The Morgan fingerprint density at radius 1 is 1.13 bits per heavy atom. The number of carbonyl (C=O) groups excluding carboxylic acids is 1. The number of carbonyl (C=O) groups is 1. The van der Waals surface area contributed by atoms with Crippen LogP contribution in [0.1, 0.15) is 17.3 Å². The smallest absolute Gasteiger partial charge is 0.354 e. The van der Waals surface area contributed by atoms with Gasteiger partial charge in [0, 0.05) is 0 Å². The molecule has 1 N–H and O–H groups in total. The molecular formula is C20H16N6O4. The predicted molar refractivity (Wildman–Crippen MR) is 109 cm³/mol. The van der Waals surface area contributed by atoms with Gasteiger partial charge in [-0.15, -0.1) is 0 Å². The third-order valence-electron chi connectivity index (χ3n) is 4.34. The van der Waals surface area contributed by atoms with Crippen molar-refractivity contribution in [2.24, 2.45) is 0 Å². The summed E-state index contributed by atoms with van der Waals surface area (Å²) in [6.45, 7) is 1.91. The normalized spacial score (nSPS) is 10.7. The second-order valence-corrected chi connectivity index (χ2v) is 6.15. The summed E-state index contributed by atoms with van der Waals surface area (Å²) in [5.41, 5.74) is 1.56. The van der Waals surface area contributed by atoms with Crippen LogP contribution in [0.15, 0.2) is 61.2 Å². The number of para-hydroxylation sites is 3. The number of anilines is 2. The van der Waals surface area contributed by atoms with E-state index in [2.05, 4.69) is 20.3 Å². The number of imidazole rings is 1. The van der Waals surface area contributed by atoms with Crippen molar-refractivity contribution in [3.05, 3.63) is 76.9 Å². The van der Waals surface area contributed by atoms with Crippen molar-refractivity contribution in [2.45, 2.75) is 6.92 Å². The lowest BCUT2D eigenvalue weighted by Gasteiger charge is -2.12. The molecule has 0 saturated carbocycles. The van der Waals surface area contributed by atoms with Gasteiger partial charge >= 0.3 is 11.7 Å². The molecule has 0 spiro atoms. The Balaban J connectivity index is 1.83. The number of nitro groups is 1. The molecule has 0 saturated heterocycles. The summed E-state index contributed by atoms with van der Waals surface area (Å²) in [4.78, 5) is 36.0. The maximum absolute atomic E-state index is 12.2. The fourth-order valence-electron chi connectivity index (χ4n) is 3.04. The first-order valence-corrected chi connectivity index (χ1v) is 9.05. The number of nitrogens with zero attached hydrogens (tertiary/aromatic N) is 5. The van der Waals surface area contributed by atoms with Gasteiger partial charge in [-0.05, 0) is 31.2 Å². The largest absolute Gasteiger partial charge is 0.462 e. The summed E-state index contributed by atoms with van der Waals surface area (Å²) < 4.78 is 6.58. The van der Waals surface area contributed by atoms with E-state index in [1.165, 1.54) is 17.2 Å². The van der Waals surface area contributed by atoms with Gasteiger partial charge in [0.25, 0.3) is 0 Å². The van der Waals surface area contributed by atoms with Gasteiger partial charge in [-0.3, -0.25) is 14.7 Å². The van der Waals surface area contributed by atoms with E-state index in [-0.39, 0.29) is 29.5 Å². The van der Waals surface area contributed by atoms with E-state index in [0.717, 1.165) is 0 Å². The average Bonchev–Trinajstić information content (AvgIpc) is 3.18. The quantitative estimate of drug-likeness (QED) is 0.293. The lowest BCUT2D eigenvalue weighted by atomic mass is 10.2. The molecule has 30 heavy (non-hydrogen) atoms. The zero-order valence-electron chi connectivity index (χ0n) is 15.8. The third-order valence-corrected chi connectivity index (χ3v) is 4.34. The fraction of sp³-hybridized carbons (Fsp3) is 0.100. The molecule has 0 amide bonds. The zero-order valence-corrected chi connectivity index (χ0v) is 15.8. The van der Waals surface area contributed by atoms with Gasteiger partial charge in [-0.1, -0.05) is 24.3 Å². The molecule has 0 radical (unpaired) electrons. The standard InChI is InChI=1S/C20H16N6O4/c1-2-30-20(27)13-7-3-4-8-14(13)24-18-17(26(28)29)19(22-11-21-18)25-12-23-15-9-5-6-10-16(15)25/h3-12H,2H2,1H3,(H,21,22,24). The number of ether oxygens (including phenoxy) is 1. The third kappa shape index (κ3) is 3.41. The van der Waals surface area contributed by atoms with Crippen molar-refractivity contribution in [3.63, 3.8) is 0 Å². The van der Waals surface area contributed by atoms with Gasteiger partial charge in [0.2, 0.25) is 11.6 Å². The number of rotatable bonds is 6. The molecule has 0 atom stereocenters. The highest BCUT2D eigenvalue weighted by molar-refractivity contribution is 5.96. The molecule has 4 rings (SSSR count). The van der Waals surface area contributed by atoms with E-state index in [9.17, 15) is 14.9 Å². The summed E-state index contributed by atoms with van der Waals surface area (Å²) in [5, 5.41) is 14.8. The zero-order chi connectivity index (χ0) is 21.1. The van der Waals surface area contributed by atoms with Gasteiger partial charge < -0.3 is 10.1 Å². The second-order valence-electron chi connectivity index (χ2n) is 6.15. The number of benzene rings is 2. The highest BCUT2D eigenvalue weighted by Crippen LogP contribution is 2.32. The minimum Gasteiger partial charge on any atom is -0.462 e. The van der Waals surface area contributed by atoms with E-state index < -0.39 is 10.9 Å². The van der Waals surface area contributed by atoms with Crippen LogP contribution >= 0.6 is 0 Å². The van der Waals surface area contributed by atoms with Gasteiger partial charge in [0.15, 0.2) is 0 Å². The first-order valence-electron chi connectivity index (χ1n) is 9.05. The highest BCUT2D eigenvalue weighted by Gasteiger charge is 2.26. The summed E-state index contributed by atoms with van der Waals surface area (Å²) in [7, 11) is 0. The molecule has 0 fully saturated rings. The molecule has 4 aromatic rings.